The number of nitrogens with zero attached hydrogens (tertiary/aromatic N) is 1. The Balaban J connectivity index is 3.09. The molecule has 0 aliphatic heterocycles. The van der Waals surface area contributed by atoms with Crippen LogP contribution in [0.3, 0.4) is 0 Å². The monoisotopic (exact) mass is 263 g/mol. The first-order valence-electron chi connectivity index (χ1n) is 6.88. The number of hydrogen-bond acceptors (Lipinski definition) is 2. The molecule has 1 aromatic rings. The molecule has 0 fully saturated rings. The van der Waals surface area contributed by atoms with Crippen molar-refractivity contribution in [1.29, 1.82) is 0 Å². The van der Waals surface area contributed by atoms with Gasteiger partial charge in [0, 0.05) is 6.54 Å². The van der Waals surface area contributed by atoms with E-state index in [-0.39, 0.29) is 6.09 Å². The van der Waals surface area contributed by atoms with Crippen molar-refractivity contribution in [3.8, 4) is 0 Å². The van der Waals surface area contributed by atoms with Crippen molar-refractivity contribution >= 4 is 11.8 Å². The van der Waals surface area contributed by atoms with E-state index in [4.69, 9.17) is 4.74 Å². The highest BCUT2D eigenvalue weighted by atomic mass is 16.6. The van der Waals surface area contributed by atoms with Gasteiger partial charge >= 0.3 is 6.09 Å². The smallest absolute Gasteiger partial charge is 0.414 e. The van der Waals surface area contributed by atoms with Crippen molar-refractivity contribution in [3.63, 3.8) is 0 Å². The van der Waals surface area contributed by atoms with Gasteiger partial charge in [-0.1, -0.05) is 19.1 Å². The zero-order chi connectivity index (χ0) is 14.6. The van der Waals surface area contributed by atoms with E-state index in [9.17, 15) is 4.79 Å². The standard InChI is InChI=1S/C16H25NO2/c1-7-13-10-9-12(3)11-14(13)17(8-2)15(18)19-16(4,5)6/h9-11H,7-8H2,1-6H3. The molecule has 106 valence electrons. The molecule has 0 bridgehead atoms. The number of aryl methyl sites for hydroxylation is 2. The molecule has 1 amide bonds. The zero-order valence-corrected chi connectivity index (χ0v) is 12.9. The molecule has 0 saturated heterocycles. The average Bonchev–Trinajstić information content (AvgIpc) is 2.28. The Morgan fingerprint density at radius 2 is 1.89 bits per heavy atom. The topological polar surface area (TPSA) is 29.5 Å². The van der Waals surface area contributed by atoms with Gasteiger partial charge in [-0.25, -0.2) is 4.79 Å². The fraction of sp³-hybridized carbons (Fsp3) is 0.562. The van der Waals surface area contributed by atoms with Gasteiger partial charge in [-0.3, -0.25) is 4.90 Å². The molecule has 0 aliphatic rings. The highest BCUT2D eigenvalue weighted by Gasteiger charge is 2.23. The number of hydrogen-bond donors (Lipinski definition) is 0. The molecule has 0 aliphatic carbocycles. The molecular formula is C16H25NO2. The summed E-state index contributed by atoms with van der Waals surface area (Å²) in [5.41, 5.74) is 2.80. The van der Waals surface area contributed by atoms with Crippen molar-refractivity contribution in [2.75, 3.05) is 11.4 Å². The van der Waals surface area contributed by atoms with Gasteiger partial charge in [-0.05, 0) is 58.2 Å². The molecule has 0 atom stereocenters. The predicted octanol–water partition coefficient (Wildman–Crippen LogP) is 4.32. The van der Waals surface area contributed by atoms with Crippen molar-refractivity contribution in [1.82, 2.24) is 0 Å². The molecule has 3 nitrogen and oxygen atoms in total. The van der Waals surface area contributed by atoms with Crippen LogP contribution in [0, 0.1) is 6.92 Å². The highest BCUT2D eigenvalue weighted by molar-refractivity contribution is 5.89. The largest absolute Gasteiger partial charge is 0.443 e. The molecule has 0 heterocycles. The Bertz CT molecular complexity index is 447. The van der Waals surface area contributed by atoms with E-state index in [1.54, 1.807) is 4.90 Å². The fourth-order valence-corrected chi connectivity index (χ4v) is 1.94. The van der Waals surface area contributed by atoms with Crippen LogP contribution in [0.2, 0.25) is 0 Å². The Labute approximate surface area is 116 Å². The summed E-state index contributed by atoms with van der Waals surface area (Å²) in [6.45, 7) is 12.3. The van der Waals surface area contributed by atoms with Crippen LogP contribution in [0.25, 0.3) is 0 Å². The second kappa shape index (κ2) is 6.09. The Hall–Kier alpha value is -1.51. The van der Waals surface area contributed by atoms with Crippen molar-refractivity contribution < 1.29 is 9.53 Å². The fourth-order valence-electron chi connectivity index (χ4n) is 1.94. The number of rotatable bonds is 3. The van der Waals surface area contributed by atoms with Gasteiger partial charge < -0.3 is 4.74 Å². The Morgan fingerprint density at radius 3 is 2.37 bits per heavy atom. The summed E-state index contributed by atoms with van der Waals surface area (Å²) < 4.78 is 5.47. The summed E-state index contributed by atoms with van der Waals surface area (Å²) in [4.78, 5) is 14.0. The normalized spacial score (nSPS) is 11.3. The van der Waals surface area contributed by atoms with Crippen molar-refractivity contribution in [2.24, 2.45) is 0 Å². The van der Waals surface area contributed by atoms with Crippen LogP contribution in [0.4, 0.5) is 10.5 Å². The summed E-state index contributed by atoms with van der Waals surface area (Å²) in [6, 6.07) is 6.20. The first-order valence-corrected chi connectivity index (χ1v) is 6.88. The molecule has 1 rings (SSSR count). The summed E-state index contributed by atoms with van der Waals surface area (Å²) in [6.07, 6.45) is 0.616. The summed E-state index contributed by atoms with van der Waals surface area (Å²) in [5, 5.41) is 0. The maximum atomic E-state index is 12.3. The van der Waals surface area contributed by atoms with E-state index in [0.29, 0.717) is 6.54 Å². The first kappa shape index (κ1) is 15.5. The van der Waals surface area contributed by atoms with Gasteiger partial charge in [0.05, 0.1) is 5.69 Å². The number of ether oxygens (including phenoxy) is 1. The second-order valence-corrected chi connectivity index (χ2v) is 5.71. The number of benzene rings is 1. The van der Waals surface area contributed by atoms with Crippen LogP contribution in [-0.2, 0) is 11.2 Å². The molecule has 19 heavy (non-hydrogen) atoms. The van der Waals surface area contributed by atoms with E-state index >= 15 is 0 Å². The predicted molar refractivity (Wildman–Crippen MR) is 79.8 cm³/mol. The van der Waals surface area contributed by atoms with Crippen LogP contribution >= 0.6 is 0 Å². The van der Waals surface area contributed by atoms with Gasteiger partial charge in [0.2, 0.25) is 0 Å². The molecule has 0 radical (unpaired) electrons. The molecule has 0 spiro atoms. The van der Waals surface area contributed by atoms with Crippen LogP contribution in [0.15, 0.2) is 18.2 Å². The number of anilines is 1. The van der Waals surface area contributed by atoms with E-state index < -0.39 is 5.60 Å². The Morgan fingerprint density at radius 1 is 1.26 bits per heavy atom. The van der Waals surface area contributed by atoms with Gasteiger partial charge in [0.15, 0.2) is 0 Å². The molecule has 0 saturated carbocycles. The Kier molecular flexibility index (Phi) is 4.98. The van der Waals surface area contributed by atoms with Crippen molar-refractivity contribution in [2.45, 2.75) is 53.6 Å². The van der Waals surface area contributed by atoms with Gasteiger partial charge in [-0.15, -0.1) is 0 Å². The second-order valence-electron chi connectivity index (χ2n) is 5.71. The lowest BCUT2D eigenvalue weighted by atomic mass is 10.1. The maximum Gasteiger partial charge on any atom is 0.414 e. The third-order valence-electron chi connectivity index (χ3n) is 2.84. The third kappa shape index (κ3) is 4.27. The lowest BCUT2D eigenvalue weighted by Crippen LogP contribution is -2.37. The van der Waals surface area contributed by atoms with Gasteiger partial charge in [0.25, 0.3) is 0 Å². The minimum absolute atomic E-state index is 0.282. The van der Waals surface area contributed by atoms with E-state index in [2.05, 4.69) is 19.1 Å². The van der Waals surface area contributed by atoms with Crippen LogP contribution in [-0.4, -0.2) is 18.2 Å². The summed E-state index contributed by atoms with van der Waals surface area (Å²) >= 11 is 0. The average molecular weight is 263 g/mol. The number of carbonyl (C=O) groups excluding carboxylic acids is 1. The molecule has 3 heteroatoms. The van der Waals surface area contributed by atoms with Crippen LogP contribution in [0.5, 0.6) is 0 Å². The molecule has 0 N–H and O–H groups in total. The van der Waals surface area contributed by atoms with E-state index in [0.717, 1.165) is 17.7 Å². The minimum Gasteiger partial charge on any atom is -0.443 e. The van der Waals surface area contributed by atoms with Gasteiger partial charge in [-0.2, -0.15) is 0 Å². The SMILES string of the molecule is CCc1ccc(C)cc1N(CC)C(=O)OC(C)(C)C. The molecule has 1 aromatic carbocycles. The lowest BCUT2D eigenvalue weighted by molar-refractivity contribution is 0.0582. The van der Waals surface area contributed by atoms with Crippen molar-refractivity contribution in [3.05, 3.63) is 29.3 Å². The van der Waals surface area contributed by atoms with E-state index in [1.807, 2.05) is 40.7 Å². The summed E-state index contributed by atoms with van der Waals surface area (Å²) in [7, 11) is 0. The van der Waals surface area contributed by atoms with Crippen LogP contribution in [0.1, 0.15) is 45.7 Å². The maximum absolute atomic E-state index is 12.3. The van der Waals surface area contributed by atoms with Gasteiger partial charge in [0.1, 0.15) is 5.60 Å². The lowest BCUT2D eigenvalue weighted by Gasteiger charge is -2.28. The third-order valence-corrected chi connectivity index (χ3v) is 2.84. The minimum atomic E-state index is -0.472. The quantitative estimate of drug-likeness (QED) is 0.812. The molecule has 0 unspecified atom stereocenters. The molecular weight excluding hydrogens is 238 g/mol. The number of carbonyl (C=O) groups is 1. The first-order chi connectivity index (χ1) is 8.78. The zero-order valence-electron chi connectivity index (χ0n) is 12.9. The number of amides is 1. The summed E-state index contributed by atoms with van der Waals surface area (Å²) in [5.74, 6) is 0. The highest BCUT2D eigenvalue weighted by Crippen LogP contribution is 2.24. The molecule has 0 aromatic heterocycles. The van der Waals surface area contributed by atoms with E-state index in [1.165, 1.54) is 5.56 Å². The van der Waals surface area contributed by atoms with Crippen LogP contribution < -0.4 is 4.90 Å².